The smallest absolute Gasteiger partial charge is 0.411 e. The Balaban J connectivity index is 1.45. The molecule has 1 saturated carbocycles. The number of nitriles is 1. The molecule has 1 amide bonds. The average Bonchev–Trinajstić information content (AvgIpc) is 3.48. The monoisotopic (exact) mass is 515 g/mol. The molecule has 7 nitrogen and oxygen atoms in total. The molecule has 2 heterocycles. The first kappa shape index (κ1) is 26.1. The van der Waals surface area contributed by atoms with Gasteiger partial charge in [0.25, 0.3) is 0 Å². The molecule has 1 saturated heterocycles. The minimum absolute atomic E-state index is 0.0672. The van der Waals surface area contributed by atoms with Crippen LogP contribution in [0, 0.1) is 23.2 Å². The number of carbonyl (C=O) groups is 1. The number of amides is 1. The maximum absolute atomic E-state index is 12.5. The number of benzene rings is 2. The van der Waals surface area contributed by atoms with Crippen LogP contribution in [0.5, 0.6) is 5.75 Å². The maximum Gasteiger partial charge on any atom is 0.411 e. The zero-order valence-corrected chi connectivity index (χ0v) is 22.7. The molecule has 1 aliphatic carbocycles. The predicted octanol–water partition coefficient (Wildman–Crippen LogP) is 7.30. The van der Waals surface area contributed by atoms with Crippen LogP contribution in [-0.4, -0.2) is 36.1 Å². The number of ether oxygens (including phenoxy) is 3. The number of hydrogen-bond acceptors (Lipinski definition) is 5. The quantitative estimate of drug-likeness (QED) is 0.340. The van der Waals surface area contributed by atoms with Crippen molar-refractivity contribution < 1.29 is 19.0 Å². The summed E-state index contributed by atoms with van der Waals surface area (Å²) in [4.78, 5) is 12.5. The normalized spacial score (nSPS) is 17.7. The molecule has 1 aromatic heterocycles. The highest BCUT2D eigenvalue weighted by Crippen LogP contribution is 2.43. The first-order chi connectivity index (χ1) is 18.4. The van der Waals surface area contributed by atoms with E-state index in [4.69, 9.17) is 14.2 Å². The van der Waals surface area contributed by atoms with Gasteiger partial charge >= 0.3 is 6.09 Å². The second kappa shape index (κ2) is 11.1. The van der Waals surface area contributed by atoms with E-state index in [1.165, 1.54) is 6.42 Å². The lowest BCUT2D eigenvalue weighted by molar-refractivity contribution is 0.0516. The van der Waals surface area contributed by atoms with Gasteiger partial charge in [-0.15, -0.1) is 0 Å². The van der Waals surface area contributed by atoms with Crippen LogP contribution >= 0.6 is 0 Å². The van der Waals surface area contributed by atoms with Gasteiger partial charge in [-0.3, -0.25) is 5.32 Å². The largest absolute Gasteiger partial charge is 0.488 e. The Morgan fingerprint density at radius 3 is 2.39 bits per heavy atom. The van der Waals surface area contributed by atoms with Crippen LogP contribution in [-0.2, 0) is 9.47 Å². The van der Waals surface area contributed by atoms with Crippen molar-refractivity contribution in [3.8, 4) is 23.1 Å². The number of hydrogen-bond donors (Lipinski definition) is 1. The minimum atomic E-state index is -0.452. The molecule has 3 aromatic rings. The summed E-state index contributed by atoms with van der Waals surface area (Å²) in [5.41, 5.74) is 4.21. The zero-order chi connectivity index (χ0) is 26.8. The van der Waals surface area contributed by atoms with Gasteiger partial charge in [-0.05, 0) is 60.9 Å². The van der Waals surface area contributed by atoms with Crippen LogP contribution in [0.1, 0.15) is 65.0 Å². The molecule has 2 aromatic carbocycles. The maximum atomic E-state index is 12.5. The molecule has 0 bridgehead atoms. The molecule has 5 rings (SSSR count). The molecule has 2 fully saturated rings. The van der Waals surface area contributed by atoms with E-state index in [-0.39, 0.29) is 24.0 Å². The summed E-state index contributed by atoms with van der Waals surface area (Å²) < 4.78 is 19.7. The van der Waals surface area contributed by atoms with Crippen molar-refractivity contribution in [1.29, 1.82) is 5.26 Å². The van der Waals surface area contributed by atoms with Gasteiger partial charge in [0.1, 0.15) is 24.0 Å². The summed E-state index contributed by atoms with van der Waals surface area (Å²) in [5.74, 6) is 1.28. The van der Waals surface area contributed by atoms with Gasteiger partial charge in [0.15, 0.2) is 0 Å². The lowest BCUT2D eigenvalue weighted by Gasteiger charge is -2.30. The fourth-order valence-electron chi connectivity index (χ4n) is 5.61. The fourth-order valence-corrected chi connectivity index (χ4v) is 5.61. The first-order valence-corrected chi connectivity index (χ1v) is 13.8. The second-order valence-electron chi connectivity index (χ2n) is 11.1. The van der Waals surface area contributed by atoms with E-state index in [1.54, 1.807) is 0 Å². The van der Waals surface area contributed by atoms with E-state index in [1.807, 2.05) is 36.4 Å². The van der Waals surface area contributed by atoms with Gasteiger partial charge in [0.05, 0.1) is 30.0 Å². The van der Waals surface area contributed by atoms with Crippen LogP contribution in [0.2, 0.25) is 0 Å². The molecule has 2 aliphatic rings. The highest BCUT2D eigenvalue weighted by atomic mass is 16.6. The SMILES string of the molecule is CC(C)C(OC(=O)Nc1ccc(-c2c(C#N)c3ccc(OC4CCOC4)cc3n2C2CCC2)cc1)C(C)C. The molecule has 38 heavy (non-hydrogen) atoms. The van der Waals surface area contributed by atoms with Crippen molar-refractivity contribution in [2.75, 3.05) is 18.5 Å². The van der Waals surface area contributed by atoms with Gasteiger partial charge in [-0.25, -0.2) is 4.79 Å². The summed E-state index contributed by atoms with van der Waals surface area (Å²) in [5, 5.41) is 14.0. The van der Waals surface area contributed by atoms with E-state index in [9.17, 15) is 10.1 Å². The zero-order valence-electron chi connectivity index (χ0n) is 22.7. The average molecular weight is 516 g/mol. The van der Waals surface area contributed by atoms with Crippen molar-refractivity contribution in [2.24, 2.45) is 11.8 Å². The molecule has 200 valence electrons. The summed E-state index contributed by atoms with van der Waals surface area (Å²) in [6.45, 7) is 9.56. The number of carbonyl (C=O) groups excluding carboxylic acids is 1. The van der Waals surface area contributed by atoms with E-state index in [0.29, 0.717) is 23.9 Å². The number of aromatic nitrogens is 1. The molecule has 1 aliphatic heterocycles. The molecule has 7 heteroatoms. The predicted molar refractivity (Wildman–Crippen MR) is 148 cm³/mol. The van der Waals surface area contributed by atoms with E-state index < -0.39 is 6.09 Å². The second-order valence-corrected chi connectivity index (χ2v) is 11.1. The van der Waals surface area contributed by atoms with Gasteiger partial charge in [0.2, 0.25) is 0 Å². The van der Waals surface area contributed by atoms with E-state index in [2.05, 4.69) is 49.7 Å². The highest BCUT2D eigenvalue weighted by molar-refractivity contribution is 5.96. The number of rotatable bonds is 8. The molecule has 0 radical (unpaired) electrons. The molecule has 1 N–H and O–H groups in total. The number of nitrogens with one attached hydrogen (secondary N) is 1. The summed E-state index contributed by atoms with van der Waals surface area (Å²) in [6.07, 6.45) is 3.70. The van der Waals surface area contributed by atoms with E-state index >= 15 is 0 Å². The van der Waals surface area contributed by atoms with Crippen molar-refractivity contribution in [3.63, 3.8) is 0 Å². The third-order valence-electron chi connectivity index (χ3n) is 7.68. The lowest BCUT2D eigenvalue weighted by atomic mass is 9.92. The van der Waals surface area contributed by atoms with Crippen LogP contribution in [0.3, 0.4) is 0 Å². The molecule has 1 unspecified atom stereocenters. The Hall–Kier alpha value is -3.50. The van der Waals surface area contributed by atoms with Crippen LogP contribution in [0.15, 0.2) is 42.5 Å². The summed E-state index contributed by atoms with van der Waals surface area (Å²) in [6, 6.07) is 16.5. The Morgan fingerprint density at radius 2 is 1.82 bits per heavy atom. The van der Waals surface area contributed by atoms with Crippen LogP contribution in [0.25, 0.3) is 22.2 Å². The lowest BCUT2D eigenvalue weighted by Crippen LogP contribution is -2.30. The molecule has 1 atom stereocenters. The van der Waals surface area contributed by atoms with Gasteiger partial charge in [-0.1, -0.05) is 39.8 Å². The third kappa shape index (κ3) is 5.23. The van der Waals surface area contributed by atoms with Crippen molar-refractivity contribution in [1.82, 2.24) is 4.57 Å². The number of anilines is 1. The van der Waals surface area contributed by atoms with Gasteiger partial charge in [0, 0.05) is 29.6 Å². The van der Waals surface area contributed by atoms with Crippen molar-refractivity contribution in [2.45, 2.75) is 71.6 Å². The van der Waals surface area contributed by atoms with Crippen LogP contribution in [0.4, 0.5) is 10.5 Å². The first-order valence-electron chi connectivity index (χ1n) is 13.8. The topological polar surface area (TPSA) is 85.5 Å². The minimum Gasteiger partial charge on any atom is -0.488 e. The van der Waals surface area contributed by atoms with Crippen molar-refractivity contribution in [3.05, 3.63) is 48.0 Å². The van der Waals surface area contributed by atoms with Gasteiger partial charge < -0.3 is 18.8 Å². The third-order valence-corrected chi connectivity index (χ3v) is 7.68. The number of fused-ring (bicyclic) bond motifs is 1. The Morgan fingerprint density at radius 1 is 1.08 bits per heavy atom. The summed E-state index contributed by atoms with van der Waals surface area (Å²) >= 11 is 0. The Labute approximate surface area is 224 Å². The summed E-state index contributed by atoms with van der Waals surface area (Å²) in [7, 11) is 0. The highest BCUT2D eigenvalue weighted by Gasteiger charge is 2.28. The Kier molecular flexibility index (Phi) is 7.62. The number of nitrogens with zero attached hydrogens (tertiary/aromatic N) is 2. The molecule has 0 spiro atoms. The molecular weight excluding hydrogens is 478 g/mol. The fraction of sp³-hybridized carbons (Fsp3) is 0.484. The Bertz CT molecular complexity index is 1320. The molecular formula is C31H37N3O4. The van der Waals surface area contributed by atoms with E-state index in [0.717, 1.165) is 53.8 Å². The van der Waals surface area contributed by atoms with Gasteiger partial charge in [-0.2, -0.15) is 5.26 Å². The van der Waals surface area contributed by atoms with Crippen LogP contribution < -0.4 is 10.1 Å². The van der Waals surface area contributed by atoms with Crippen molar-refractivity contribution >= 4 is 22.7 Å². The standard InChI is InChI=1S/C31H37N3O4/c1-19(2)30(20(3)4)38-31(35)33-22-10-8-21(9-11-22)29-27(17-32)26-13-12-24(37-25-14-15-36-18-25)16-28(26)34(29)23-6-5-7-23/h8-13,16,19-20,23,25,30H,5-7,14-15,18H2,1-4H3,(H,33,35).